The quantitative estimate of drug-likeness (QED) is 0.0436. The third-order valence-corrected chi connectivity index (χ3v) is 25.7. The molecule has 638 valence electrons. The average molecular weight is 1640 g/mol. The second-order valence-corrected chi connectivity index (χ2v) is 36.7. The number of esters is 2. The van der Waals surface area contributed by atoms with Crippen molar-refractivity contribution in [2.45, 2.75) is 381 Å². The second-order valence-electron chi connectivity index (χ2n) is 34.7. The van der Waals surface area contributed by atoms with Crippen molar-refractivity contribution in [1.29, 1.82) is 0 Å². The SMILES string of the molecule is CC[C@@H](O)[C@@](C)(O)[C@@H]1OC(=O)[C@H](C)[C@@H](O[C@H]2CC(C)(OC)[C@@H](O)C(C)O2)[C@H](C)[C@@H](O[C@@H]2OC(C)CC(N(C)Cc3ccc(F)cc3)C2O)[C@]2(C)CC(C)C(O2)[C@@H]1C.CC[C@@H](O)[C@@](C)(O)[C@@H]1OC(=O)[C@H](C)[C@@H](O[C@H]2CC(C)(OC)[C@@H](O)C(C)O2)[C@H](C)[C@@H](O[C@@H]2OC(C)CC(NC)C2O)[C@]2(C)CC(C)C(O2)[C@@H]1C.ClC(Cl)Cl. The summed E-state index contributed by atoms with van der Waals surface area (Å²) >= 11 is 14.4. The zero-order chi connectivity index (χ0) is 82.7. The Bertz CT molecular complexity index is 3050. The largest absolute Gasteiger partial charge is 0.459 e. The first-order valence-corrected chi connectivity index (χ1v) is 41.0. The van der Waals surface area contributed by atoms with Crippen molar-refractivity contribution in [2.75, 3.05) is 28.3 Å². The van der Waals surface area contributed by atoms with Gasteiger partial charge in [-0.2, -0.15) is 0 Å². The maximum absolute atomic E-state index is 14.4. The van der Waals surface area contributed by atoms with E-state index in [-0.39, 0.29) is 67.6 Å². The number of rotatable bonds is 20. The second kappa shape index (κ2) is 38.9. The number of nitrogens with one attached hydrogen (secondary N) is 1. The summed E-state index contributed by atoms with van der Waals surface area (Å²) in [5.41, 5.74) is -6.68. The highest BCUT2D eigenvalue weighted by molar-refractivity contribution is 6.63. The molecular formula is C80H136Cl3FN2O24. The van der Waals surface area contributed by atoms with E-state index in [1.807, 2.05) is 74.3 Å². The molecular weight excluding hydrogens is 1500 g/mol. The fourth-order valence-electron chi connectivity index (χ4n) is 19.1. The molecule has 8 fully saturated rings. The van der Waals surface area contributed by atoms with E-state index in [1.165, 1.54) is 40.2 Å². The number of aliphatic hydroxyl groups excluding tert-OH is 6. The number of aliphatic hydroxyl groups is 8. The van der Waals surface area contributed by atoms with Crippen molar-refractivity contribution in [3.63, 3.8) is 0 Å². The molecule has 0 aromatic heterocycles. The molecule has 0 amide bonds. The van der Waals surface area contributed by atoms with Crippen molar-refractivity contribution in [2.24, 2.45) is 47.3 Å². The molecule has 8 saturated heterocycles. The molecule has 4 bridgehead atoms. The highest BCUT2D eigenvalue weighted by Gasteiger charge is 2.62. The lowest BCUT2D eigenvalue weighted by atomic mass is 9.76. The molecule has 0 spiro atoms. The lowest BCUT2D eigenvalue weighted by Crippen LogP contribution is -2.60. The maximum atomic E-state index is 14.4. The molecule has 8 aliphatic rings. The van der Waals surface area contributed by atoms with Gasteiger partial charge >= 0.3 is 11.9 Å². The summed E-state index contributed by atoms with van der Waals surface area (Å²) in [5.74, 6) is -5.89. The number of ether oxygens (including phenoxy) is 14. The summed E-state index contributed by atoms with van der Waals surface area (Å²) in [6.07, 6.45) is -15.7. The van der Waals surface area contributed by atoms with Crippen LogP contribution in [0.4, 0.5) is 4.39 Å². The molecule has 38 atom stereocenters. The zero-order valence-corrected chi connectivity index (χ0v) is 71.6. The number of methoxy groups -OCH3 is 2. The Balaban J connectivity index is 0.000000295. The maximum Gasteiger partial charge on any atom is 0.311 e. The van der Waals surface area contributed by atoms with Crippen molar-refractivity contribution in [1.82, 2.24) is 10.2 Å². The minimum Gasteiger partial charge on any atom is -0.459 e. The van der Waals surface area contributed by atoms with Gasteiger partial charge in [0.1, 0.15) is 53.6 Å². The molecule has 30 heteroatoms. The number of carbonyl (C=O) groups excluding carboxylic acids is 2. The number of nitrogens with zero attached hydrogens (tertiary/aromatic N) is 1. The van der Waals surface area contributed by atoms with E-state index in [0.717, 1.165) is 5.56 Å². The number of hydrogen-bond donors (Lipinski definition) is 9. The molecule has 8 aliphatic heterocycles. The zero-order valence-electron chi connectivity index (χ0n) is 69.3. The molecule has 9 N–H and O–H groups in total. The molecule has 1 aromatic carbocycles. The van der Waals surface area contributed by atoms with Crippen molar-refractivity contribution >= 4 is 46.7 Å². The summed E-state index contributed by atoms with van der Waals surface area (Å²) < 4.78 is 103. The number of alkyl halides is 3. The van der Waals surface area contributed by atoms with Gasteiger partial charge < -0.3 is 112 Å². The van der Waals surface area contributed by atoms with E-state index in [4.69, 9.17) is 101 Å². The molecule has 0 radical (unpaired) electrons. The monoisotopic (exact) mass is 1630 g/mol. The molecule has 110 heavy (non-hydrogen) atoms. The Morgan fingerprint density at radius 3 is 1.33 bits per heavy atom. The Kier molecular flexibility index (Phi) is 33.6. The van der Waals surface area contributed by atoms with E-state index in [0.29, 0.717) is 32.2 Å². The van der Waals surface area contributed by atoms with Gasteiger partial charge in [-0.3, -0.25) is 14.5 Å². The Hall–Kier alpha value is -1.92. The van der Waals surface area contributed by atoms with Gasteiger partial charge in [0.05, 0.1) is 107 Å². The Labute approximate surface area is 667 Å². The standard InChI is InChI=1S/C43H70FNO12.C36H65NO12.CHCl3/c1-13-31(46)43(10,50)38-24(4)34-22(2)19-42(9,57-34)37(56-40-33(47)30(18-23(3)52-40)45(11)21-28-14-16-29(44)17-15-28)25(5)35(26(6)39(49)55-38)54-32-20-41(8,51-12)36(48)27(7)53-32;1-13-24(38)36(10,42)31-19(4)27-17(2)15-35(9,49-27)30(48-33-26(39)23(37-11)14-18(3)44-33)20(5)28(21(6)32(41)47-31)46-25-16-34(8,43-12)29(40)22(7)45-25;2-1(3)4/h14-17,22-27,30-38,40,46-48,50H,13,18-21H2,1-12H3;17-31,33,37-40,42H,13-16H2,1-12H3;1H/t22?,23?,24-,25-,26+,27?,30?,31+,32-,33?,34?,35-,36-,37+,38+,40-,41?,42-,43+;17?,18?,19-,20-,21+,22?,23?,24+,25-,26?,27?,28-,29-,30+,31+,33-,34?,35-,36+;/m00./s1. The number of likely N-dealkylation sites (N-methyl/N-ethyl adjacent to an activating group) is 2. The van der Waals surface area contributed by atoms with Crippen LogP contribution in [0.2, 0.25) is 0 Å². The van der Waals surface area contributed by atoms with E-state index < -0.39 is 208 Å². The van der Waals surface area contributed by atoms with Gasteiger partial charge in [-0.05, 0) is 165 Å². The van der Waals surface area contributed by atoms with E-state index >= 15 is 0 Å². The van der Waals surface area contributed by atoms with Gasteiger partial charge in [-0.1, -0.05) is 102 Å². The predicted octanol–water partition coefficient (Wildman–Crippen LogP) is 8.60. The summed E-state index contributed by atoms with van der Waals surface area (Å²) in [7, 11) is 6.75. The number of carbonyl (C=O) groups is 2. The van der Waals surface area contributed by atoms with Crippen LogP contribution in [-0.2, 0) is 82.4 Å². The average Bonchev–Trinajstić information content (AvgIpc) is 1.61. The number of halogens is 4. The van der Waals surface area contributed by atoms with Crippen LogP contribution in [-0.4, -0.2) is 271 Å². The predicted molar refractivity (Wildman–Crippen MR) is 409 cm³/mol. The normalized spacial score (nSPS) is 45.9. The third kappa shape index (κ3) is 21.4. The van der Waals surface area contributed by atoms with Crippen LogP contribution in [0.1, 0.15) is 195 Å². The molecule has 1 aromatic rings. The van der Waals surface area contributed by atoms with Crippen LogP contribution in [0.3, 0.4) is 0 Å². The summed E-state index contributed by atoms with van der Waals surface area (Å²) in [6, 6.07) is 5.64. The van der Waals surface area contributed by atoms with E-state index in [9.17, 15) is 54.8 Å². The van der Waals surface area contributed by atoms with Crippen LogP contribution < -0.4 is 5.32 Å². The van der Waals surface area contributed by atoms with E-state index in [1.54, 1.807) is 74.6 Å². The minimum atomic E-state index is -1.82. The summed E-state index contributed by atoms with van der Waals surface area (Å²) in [4.78, 5) is 30.7. The van der Waals surface area contributed by atoms with Crippen LogP contribution >= 0.6 is 34.8 Å². The number of fused-ring (bicyclic) bond motifs is 4. The van der Waals surface area contributed by atoms with Crippen molar-refractivity contribution in [3.05, 3.63) is 35.6 Å². The van der Waals surface area contributed by atoms with Gasteiger partial charge in [0.2, 0.25) is 0 Å². The molecule has 0 aliphatic carbocycles. The van der Waals surface area contributed by atoms with Crippen LogP contribution in [0.5, 0.6) is 0 Å². The molecule has 8 heterocycles. The fraction of sp³-hybridized carbons (Fsp3) is 0.900. The lowest BCUT2D eigenvalue weighted by molar-refractivity contribution is -0.318. The first-order valence-electron chi connectivity index (χ1n) is 39.7. The van der Waals surface area contributed by atoms with Gasteiger partial charge in [-0.15, -0.1) is 0 Å². The highest BCUT2D eigenvalue weighted by atomic mass is 35.6. The number of cyclic esters (lactones) is 2. The molecule has 26 nitrogen and oxygen atoms in total. The Morgan fingerprint density at radius 1 is 0.591 bits per heavy atom. The van der Waals surface area contributed by atoms with Gasteiger partial charge in [0, 0.05) is 69.4 Å². The minimum absolute atomic E-state index is 0.0575. The summed E-state index contributed by atoms with van der Waals surface area (Å²) in [5, 5.41) is 94.1. The van der Waals surface area contributed by atoms with E-state index in [2.05, 4.69) is 12.2 Å². The van der Waals surface area contributed by atoms with Gasteiger partial charge in [0.15, 0.2) is 29.5 Å². The topological polar surface area (TPSA) is 340 Å². The Morgan fingerprint density at radius 2 is 0.964 bits per heavy atom. The highest BCUT2D eigenvalue weighted by Crippen LogP contribution is 2.52. The van der Waals surface area contributed by atoms with Crippen molar-refractivity contribution < 1.29 is 121 Å². The van der Waals surface area contributed by atoms with Crippen LogP contribution in [0, 0.1) is 53.2 Å². The molecule has 9 rings (SSSR count). The molecule has 0 saturated carbocycles. The third-order valence-electron chi connectivity index (χ3n) is 25.7. The molecule has 14 unspecified atom stereocenters. The van der Waals surface area contributed by atoms with Gasteiger partial charge in [0.25, 0.3) is 0 Å². The number of benzene rings is 1. The number of hydrogen-bond acceptors (Lipinski definition) is 26. The first kappa shape index (κ1) is 95.2. The smallest absolute Gasteiger partial charge is 0.311 e. The first-order chi connectivity index (χ1) is 51.0. The van der Waals surface area contributed by atoms with Crippen molar-refractivity contribution in [3.8, 4) is 0 Å². The van der Waals surface area contributed by atoms with Gasteiger partial charge in [-0.25, -0.2) is 4.39 Å². The van der Waals surface area contributed by atoms with Crippen LogP contribution in [0.25, 0.3) is 0 Å². The summed E-state index contributed by atoms with van der Waals surface area (Å²) in [6.45, 7) is 36.9. The van der Waals surface area contributed by atoms with Crippen LogP contribution in [0.15, 0.2) is 24.3 Å². The fourth-order valence-corrected chi connectivity index (χ4v) is 19.1. The lowest BCUT2D eigenvalue weighted by Gasteiger charge is -2.48.